The van der Waals surface area contributed by atoms with Crippen molar-refractivity contribution in [1.29, 1.82) is 0 Å². The molecule has 2 fully saturated rings. The van der Waals surface area contributed by atoms with Gasteiger partial charge in [0.15, 0.2) is 15.4 Å². The number of nitrogens with one attached hydrogen (secondary N) is 1. The normalized spacial score (nSPS) is 23.9. The van der Waals surface area contributed by atoms with E-state index >= 15 is 0 Å². The van der Waals surface area contributed by atoms with Gasteiger partial charge in [-0.25, -0.2) is 13.2 Å². The first-order valence-corrected chi connectivity index (χ1v) is 12.7. The van der Waals surface area contributed by atoms with Gasteiger partial charge in [-0.3, -0.25) is 14.5 Å². The smallest absolute Gasteiger partial charge is 0.325 e. The molecule has 2 aliphatic rings. The second kappa shape index (κ2) is 7.98. The van der Waals surface area contributed by atoms with Crippen LogP contribution in [0.4, 0.5) is 10.5 Å². The minimum absolute atomic E-state index is 0.0124. The van der Waals surface area contributed by atoms with E-state index in [-0.39, 0.29) is 17.3 Å². The number of hydrogen-bond donors (Lipinski definition) is 1. The lowest BCUT2D eigenvalue weighted by Crippen LogP contribution is -2.48. The summed E-state index contributed by atoms with van der Waals surface area (Å²) in [6.45, 7) is 1.01. The average molecular weight is 482 g/mol. The SMILES string of the molecule is C[C@]1(c2cc3ccccc3o2)NC(=O)N(CC(=O)N(c2ccccc2)[C@@H]2CCS(=O)(=O)C2)C1=O. The van der Waals surface area contributed by atoms with Crippen LogP contribution in [-0.4, -0.2) is 55.3 Å². The third kappa shape index (κ3) is 3.73. The molecular formula is C24H23N3O6S. The van der Waals surface area contributed by atoms with Gasteiger partial charge in [-0.2, -0.15) is 0 Å². The highest BCUT2D eigenvalue weighted by molar-refractivity contribution is 7.91. The molecule has 5 rings (SSSR count). The van der Waals surface area contributed by atoms with E-state index in [0.29, 0.717) is 17.7 Å². The molecule has 2 saturated heterocycles. The predicted molar refractivity (Wildman–Crippen MR) is 125 cm³/mol. The summed E-state index contributed by atoms with van der Waals surface area (Å²) in [7, 11) is -3.26. The van der Waals surface area contributed by atoms with Crippen molar-refractivity contribution in [3.05, 3.63) is 66.4 Å². The maximum absolute atomic E-state index is 13.4. The van der Waals surface area contributed by atoms with Crippen molar-refractivity contribution >= 4 is 44.3 Å². The van der Waals surface area contributed by atoms with Crippen molar-refractivity contribution in [2.24, 2.45) is 0 Å². The van der Waals surface area contributed by atoms with Gasteiger partial charge in [-0.05, 0) is 37.6 Å². The van der Waals surface area contributed by atoms with Crippen LogP contribution in [0, 0.1) is 0 Å². The molecule has 0 spiro atoms. The van der Waals surface area contributed by atoms with Crippen LogP contribution in [0.1, 0.15) is 19.1 Å². The Morgan fingerprint density at radius 3 is 2.53 bits per heavy atom. The summed E-state index contributed by atoms with van der Waals surface area (Å²) < 4.78 is 30.0. The molecule has 3 aromatic rings. The van der Waals surface area contributed by atoms with Gasteiger partial charge in [0.05, 0.1) is 17.5 Å². The molecule has 2 atom stereocenters. The maximum Gasteiger partial charge on any atom is 0.325 e. The number of carbonyl (C=O) groups is 3. The van der Waals surface area contributed by atoms with Gasteiger partial charge in [0, 0.05) is 11.1 Å². The number of fused-ring (bicyclic) bond motifs is 1. The van der Waals surface area contributed by atoms with Crippen molar-refractivity contribution in [2.75, 3.05) is 23.0 Å². The molecule has 9 nitrogen and oxygen atoms in total. The first kappa shape index (κ1) is 22.1. The highest BCUT2D eigenvalue weighted by Gasteiger charge is 2.52. The fraction of sp³-hybridized carbons (Fsp3) is 0.292. The molecule has 1 aromatic heterocycles. The van der Waals surface area contributed by atoms with E-state index in [9.17, 15) is 22.8 Å². The van der Waals surface area contributed by atoms with E-state index in [0.717, 1.165) is 10.3 Å². The van der Waals surface area contributed by atoms with Crippen LogP contribution < -0.4 is 10.2 Å². The number of urea groups is 1. The Bertz CT molecular complexity index is 1370. The molecule has 10 heteroatoms. The first-order valence-electron chi connectivity index (χ1n) is 10.9. The van der Waals surface area contributed by atoms with E-state index in [2.05, 4.69) is 5.32 Å². The number of sulfone groups is 1. The molecule has 4 amide bonds. The Hall–Kier alpha value is -3.66. The van der Waals surface area contributed by atoms with Gasteiger partial charge in [-0.1, -0.05) is 36.4 Å². The summed E-state index contributed by atoms with van der Waals surface area (Å²) in [5.74, 6) is -1.06. The molecule has 2 aromatic carbocycles. The number of nitrogens with zero attached hydrogens (tertiary/aromatic N) is 2. The summed E-state index contributed by atoms with van der Waals surface area (Å²) in [6, 6.07) is 16.3. The highest BCUT2D eigenvalue weighted by Crippen LogP contribution is 2.33. The van der Waals surface area contributed by atoms with E-state index in [1.807, 2.05) is 12.1 Å². The molecule has 0 aliphatic carbocycles. The van der Waals surface area contributed by atoms with E-state index in [1.54, 1.807) is 48.5 Å². The molecule has 0 unspecified atom stereocenters. The Balaban J connectivity index is 1.42. The fourth-order valence-electron chi connectivity index (χ4n) is 4.57. The third-order valence-electron chi connectivity index (χ3n) is 6.36. The number of benzene rings is 2. The van der Waals surface area contributed by atoms with E-state index in [4.69, 9.17) is 4.42 Å². The van der Waals surface area contributed by atoms with Crippen molar-refractivity contribution in [2.45, 2.75) is 24.9 Å². The monoisotopic (exact) mass is 481 g/mol. The number of para-hydroxylation sites is 2. The molecular weight excluding hydrogens is 458 g/mol. The standard InChI is InChI=1S/C24H23N3O6S/c1-24(20-13-16-7-5-6-10-19(16)33-20)22(29)26(23(30)25-24)14-21(28)27(17-8-3-2-4-9-17)18-11-12-34(31,32)15-18/h2-10,13,18H,11-12,14-15H2,1H3,(H,25,30)/t18-,24-/m1/s1. The number of rotatable bonds is 5. The average Bonchev–Trinajstić information content (AvgIpc) is 3.46. The van der Waals surface area contributed by atoms with Crippen LogP contribution in [-0.2, 0) is 25.0 Å². The zero-order valence-electron chi connectivity index (χ0n) is 18.4. The summed E-state index contributed by atoms with van der Waals surface area (Å²) in [5.41, 5.74) is -0.375. The van der Waals surface area contributed by atoms with Gasteiger partial charge in [0.1, 0.15) is 17.9 Å². The summed E-state index contributed by atoms with van der Waals surface area (Å²) in [5, 5.41) is 3.44. The number of furan rings is 1. The highest BCUT2D eigenvalue weighted by atomic mass is 32.2. The largest absolute Gasteiger partial charge is 0.458 e. The van der Waals surface area contributed by atoms with Gasteiger partial charge in [-0.15, -0.1) is 0 Å². The van der Waals surface area contributed by atoms with Crippen LogP contribution in [0.25, 0.3) is 11.0 Å². The zero-order chi connectivity index (χ0) is 24.1. The fourth-order valence-corrected chi connectivity index (χ4v) is 6.27. The second-order valence-corrected chi connectivity index (χ2v) is 11.0. The van der Waals surface area contributed by atoms with Crippen LogP contribution in [0.15, 0.2) is 65.1 Å². The minimum atomic E-state index is -3.26. The number of amides is 4. The van der Waals surface area contributed by atoms with Crippen molar-refractivity contribution in [3.8, 4) is 0 Å². The molecule has 0 saturated carbocycles. The van der Waals surface area contributed by atoms with Crippen LogP contribution in [0.2, 0.25) is 0 Å². The van der Waals surface area contributed by atoms with Crippen molar-refractivity contribution in [1.82, 2.24) is 10.2 Å². The van der Waals surface area contributed by atoms with Gasteiger partial charge in [0.25, 0.3) is 5.91 Å². The molecule has 34 heavy (non-hydrogen) atoms. The Kier molecular flexibility index (Phi) is 5.20. The van der Waals surface area contributed by atoms with Crippen LogP contribution in [0.5, 0.6) is 0 Å². The maximum atomic E-state index is 13.4. The first-order chi connectivity index (χ1) is 16.2. The lowest BCUT2D eigenvalue weighted by atomic mass is 9.99. The number of imide groups is 1. The molecule has 0 bridgehead atoms. The zero-order valence-corrected chi connectivity index (χ0v) is 19.2. The number of hydrogen-bond acceptors (Lipinski definition) is 6. The van der Waals surface area contributed by atoms with Crippen molar-refractivity contribution in [3.63, 3.8) is 0 Å². The molecule has 2 aliphatic heterocycles. The predicted octanol–water partition coefficient (Wildman–Crippen LogP) is 2.42. The van der Waals surface area contributed by atoms with Crippen LogP contribution >= 0.6 is 0 Å². The summed E-state index contributed by atoms with van der Waals surface area (Å²) in [4.78, 5) is 41.8. The molecule has 0 radical (unpaired) electrons. The Labute approximate surface area is 196 Å². The molecule has 1 N–H and O–H groups in total. The van der Waals surface area contributed by atoms with Gasteiger partial charge < -0.3 is 14.6 Å². The van der Waals surface area contributed by atoms with Gasteiger partial charge in [0.2, 0.25) is 5.91 Å². The minimum Gasteiger partial charge on any atom is -0.458 e. The third-order valence-corrected chi connectivity index (χ3v) is 8.11. The van der Waals surface area contributed by atoms with Crippen LogP contribution in [0.3, 0.4) is 0 Å². The second-order valence-electron chi connectivity index (χ2n) is 8.75. The summed E-state index contributed by atoms with van der Waals surface area (Å²) in [6.07, 6.45) is 0.291. The topological polar surface area (TPSA) is 117 Å². The van der Waals surface area contributed by atoms with Crippen molar-refractivity contribution < 1.29 is 27.2 Å². The Morgan fingerprint density at radius 1 is 1.15 bits per heavy atom. The summed E-state index contributed by atoms with van der Waals surface area (Å²) >= 11 is 0. The quantitative estimate of drug-likeness (QED) is 0.560. The molecule has 3 heterocycles. The lowest BCUT2D eigenvalue weighted by molar-refractivity contribution is -0.134. The number of carbonyl (C=O) groups excluding carboxylic acids is 3. The Morgan fingerprint density at radius 2 is 1.85 bits per heavy atom. The lowest BCUT2D eigenvalue weighted by Gasteiger charge is -2.29. The van der Waals surface area contributed by atoms with E-state index in [1.165, 1.54) is 11.8 Å². The van der Waals surface area contributed by atoms with E-state index < -0.39 is 45.8 Å². The molecule has 176 valence electrons. The number of anilines is 1. The van der Waals surface area contributed by atoms with Gasteiger partial charge >= 0.3 is 6.03 Å².